The van der Waals surface area contributed by atoms with Crippen molar-refractivity contribution < 1.29 is 18.8 Å². The molecule has 0 heterocycles. The van der Waals surface area contributed by atoms with Crippen LogP contribution in [0.2, 0.25) is 0 Å². The van der Waals surface area contributed by atoms with E-state index in [0.29, 0.717) is 25.2 Å². The summed E-state index contributed by atoms with van der Waals surface area (Å²) in [6.45, 7) is 3.75. The third-order valence-corrected chi connectivity index (χ3v) is 2.11. The fourth-order valence-electron chi connectivity index (χ4n) is 0.967. The van der Waals surface area contributed by atoms with E-state index in [1.165, 1.54) is 0 Å². The molecule has 82 valence electrons. The Morgan fingerprint density at radius 1 is 1.50 bits per heavy atom. The van der Waals surface area contributed by atoms with Gasteiger partial charge in [0.05, 0.1) is 12.1 Å². The van der Waals surface area contributed by atoms with Gasteiger partial charge in [-0.25, -0.2) is 0 Å². The normalized spacial score (nSPS) is 14.5. The molecule has 7 nitrogen and oxygen atoms in total. The van der Waals surface area contributed by atoms with Crippen molar-refractivity contribution in [2.24, 2.45) is 5.11 Å². The fourth-order valence-corrected chi connectivity index (χ4v) is 1.39. The predicted octanol–water partition coefficient (Wildman–Crippen LogP) is 1.66. The predicted molar refractivity (Wildman–Crippen MR) is 48.2 cm³/mol. The third-order valence-electron chi connectivity index (χ3n) is 1.67. The van der Waals surface area contributed by atoms with Crippen molar-refractivity contribution in [1.29, 1.82) is 0 Å². The van der Waals surface area contributed by atoms with Crippen LogP contribution in [0.15, 0.2) is 5.11 Å². The van der Waals surface area contributed by atoms with Crippen LogP contribution in [-0.2, 0) is 13.6 Å². The third kappa shape index (κ3) is 5.28. The maximum Gasteiger partial charge on any atom is 0.193 e. The molecule has 0 aromatic heterocycles. The van der Waals surface area contributed by atoms with Gasteiger partial charge < -0.3 is 5.26 Å². The molecule has 2 atom stereocenters. The highest BCUT2D eigenvalue weighted by Crippen LogP contribution is 2.18. The first-order valence-electron chi connectivity index (χ1n) is 4.12. The largest absolute Gasteiger partial charge is 0.691 e. The minimum Gasteiger partial charge on any atom is -0.691 e. The van der Waals surface area contributed by atoms with E-state index < -0.39 is 0 Å². The van der Waals surface area contributed by atoms with Crippen LogP contribution in [0.1, 0.15) is 26.7 Å². The van der Waals surface area contributed by atoms with E-state index in [1.54, 1.807) is 0 Å². The van der Waals surface area contributed by atoms with E-state index in [2.05, 4.69) is 19.4 Å². The second kappa shape index (κ2) is 9.07. The standard InChI is InChI=1S/C6H13N3O4S/c1-3-5(8-9-7)6(4-2)11-14-13-12-10/h5-6,10H,3-4H2,1-2H3/p-1/t5-,6+/m0/s1. The highest BCUT2D eigenvalue weighted by atomic mass is 32.2. The van der Waals surface area contributed by atoms with Crippen molar-refractivity contribution in [3.05, 3.63) is 10.4 Å². The molecule has 0 spiro atoms. The molecular weight excluding hydrogens is 210 g/mol. The molecule has 0 saturated carbocycles. The summed E-state index contributed by atoms with van der Waals surface area (Å²) in [7, 11) is 0. The summed E-state index contributed by atoms with van der Waals surface area (Å²) in [4.78, 5) is 2.71. The van der Waals surface area contributed by atoms with Crippen molar-refractivity contribution in [1.82, 2.24) is 0 Å². The lowest BCUT2D eigenvalue weighted by atomic mass is 10.1. The molecule has 0 aromatic rings. The Morgan fingerprint density at radius 3 is 2.64 bits per heavy atom. The van der Waals surface area contributed by atoms with Crippen LogP contribution in [0.25, 0.3) is 10.4 Å². The molecule has 14 heavy (non-hydrogen) atoms. The Hall–Kier alpha value is -0.500. The first-order chi connectivity index (χ1) is 6.79. The van der Waals surface area contributed by atoms with Crippen LogP contribution in [0.5, 0.6) is 0 Å². The topological polar surface area (TPSA) is 99.5 Å². The summed E-state index contributed by atoms with van der Waals surface area (Å²) >= 11 is 0.437. The van der Waals surface area contributed by atoms with Crippen molar-refractivity contribution in [3.63, 3.8) is 0 Å². The molecule has 8 heteroatoms. The Labute approximate surface area is 86.2 Å². The van der Waals surface area contributed by atoms with Crippen LogP contribution in [0.4, 0.5) is 0 Å². The maximum absolute atomic E-state index is 9.46. The van der Waals surface area contributed by atoms with Crippen LogP contribution >= 0.6 is 12.3 Å². The minimum absolute atomic E-state index is 0.271. The molecule has 0 radical (unpaired) electrons. The van der Waals surface area contributed by atoms with Gasteiger partial charge in [0.15, 0.2) is 12.3 Å². The summed E-state index contributed by atoms with van der Waals surface area (Å²) in [5.74, 6) is 0. The van der Waals surface area contributed by atoms with Gasteiger partial charge in [-0.1, -0.05) is 19.0 Å². The molecule has 0 saturated heterocycles. The summed E-state index contributed by atoms with van der Waals surface area (Å²) in [5.41, 5.74) is 8.27. The molecule has 0 bridgehead atoms. The highest BCUT2D eigenvalue weighted by Gasteiger charge is 2.18. The van der Waals surface area contributed by atoms with Gasteiger partial charge in [-0.05, 0) is 18.4 Å². The van der Waals surface area contributed by atoms with Crippen LogP contribution in [0.3, 0.4) is 0 Å². The molecule has 0 unspecified atom stereocenters. The van der Waals surface area contributed by atoms with Gasteiger partial charge in [0, 0.05) is 4.91 Å². The van der Waals surface area contributed by atoms with Crippen molar-refractivity contribution in [2.45, 2.75) is 38.8 Å². The monoisotopic (exact) mass is 222 g/mol. The molecule has 0 aliphatic heterocycles. The maximum atomic E-state index is 9.46. The number of nitrogens with zero attached hydrogens (tertiary/aromatic N) is 3. The first-order valence-corrected chi connectivity index (χ1v) is 4.79. The van der Waals surface area contributed by atoms with Crippen molar-refractivity contribution >= 4 is 12.3 Å². The summed E-state index contributed by atoms with van der Waals surface area (Å²) in [5, 5.41) is 16.1. The van der Waals surface area contributed by atoms with E-state index in [1.807, 2.05) is 13.8 Å². The Bertz CT molecular complexity index is 188. The van der Waals surface area contributed by atoms with Gasteiger partial charge >= 0.3 is 0 Å². The van der Waals surface area contributed by atoms with Gasteiger partial charge in [-0.15, -0.1) is 4.33 Å². The molecule has 0 aliphatic rings. The molecule has 0 N–H and O–H groups in total. The molecule has 0 aromatic carbocycles. The number of hydrogen-bond acceptors (Lipinski definition) is 6. The van der Waals surface area contributed by atoms with E-state index in [4.69, 9.17) is 9.71 Å². The zero-order valence-electron chi connectivity index (χ0n) is 7.95. The summed E-state index contributed by atoms with van der Waals surface area (Å²) < 4.78 is 8.98. The van der Waals surface area contributed by atoms with Gasteiger partial charge in [0.25, 0.3) is 0 Å². The quantitative estimate of drug-likeness (QED) is 0.118. The van der Waals surface area contributed by atoms with E-state index in [9.17, 15) is 5.26 Å². The minimum atomic E-state index is -0.295. The molecule has 0 amide bonds. The number of rotatable bonds is 8. The second-order valence-corrected chi connectivity index (χ2v) is 2.89. The van der Waals surface area contributed by atoms with E-state index in [-0.39, 0.29) is 12.1 Å². The lowest BCUT2D eigenvalue weighted by Crippen LogP contribution is -2.24. The van der Waals surface area contributed by atoms with Gasteiger partial charge in [0.2, 0.25) is 0 Å². The van der Waals surface area contributed by atoms with Crippen molar-refractivity contribution in [3.8, 4) is 0 Å². The molecule has 0 aliphatic carbocycles. The number of azide groups is 1. The second-order valence-electron chi connectivity index (χ2n) is 2.43. The van der Waals surface area contributed by atoms with E-state index >= 15 is 0 Å². The molecule has 0 rings (SSSR count). The summed E-state index contributed by atoms with van der Waals surface area (Å²) in [6.07, 6.45) is 1.00. The zero-order chi connectivity index (χ0) is 10.8. The molecule has 0 fully saturated rings. The smallest absolute Gasteiger partial charge is 0.193 e. The average molecular weight is 222 g/mol. The number of hydrogen-bond donors (Lipinski definition) is 0. The molecular formula is C6H12N3O4S-. The van der Waals surface area contributed by atoms with Crippen LogP contribution in [0, 0.1) is 0 Å². The van der Waals surface area contributed by atoms with Gasteiger partial charge in [-0.2, -0.15) is 0 Å². The van der Waals surface area contributed by atoms with Gasteiger partial charge in [0.1, 0.15) is 0 Å². The Morgan fingerprint density at radius 2 is 2.21 bits per heavy atom. The Balaban J connectivity index is 4.00. The first kappa shape index (κ1) is 13.5. The average Bonchev–Trinajstić information content (AvgIpc) is 2.22. The van der Waals surface area contributed by atoms with Crippen LogP contribution < -0.4 is 5.26 Å². The van der Waals surface area contributed by atoms with Crippen LogP contribution in [-0.4, -0.2) is 12.1 Å². The summed E-state index contributed by atoms with van der Waals surface area (Å²) in [6, 6.07) is -0.271. The highest BCUT2D eigenvalue weighted by molar-refractivity contribution is 7.89. The zero-order valence-corrected chi connectivity index (χ0v) is 8.77. The van der Waals surface area contributed by atoms with Crippen molar-refractivity contribution in [2.75, 3.05) is 0 Å². The lowest BCUT2D eigenvalue weighted by molar-refractivity contribution is -0.777. The SMILES string of the molecule is CC[C@H](N=[N+]=[N-])[C@@H](CC)OSOO[O-]. The fraction of sp³-hybridized carbons (Fsp3) is 1.00. The van der Waals surface area contributed by atoms with E-state index in [0.717, 1.165) is 0 Å². The van der Waals surface area contributed by atoms with Gasteiger partial charge in [-0.3, -0.25) is 9.22 Å². The Kier molecular flexibility index (Phi) is 8.75. The lowest BCUT2D eigenvalue weighted by Gasteiger charge is -2.19.